The average Bonchev–Trinajstić information content (AvgIpc) is 3.31. The Balaban J connectivity index is 2.11. The molecule has 66 heavy (non-hydrogen) atoms. The fraction of sp³-hybridized carbons (Fsp3) is 0.818. The monoisotopic (exact) mass is 934 g/mol. The van der Waals surface area contributed by atoms with Gasteiger partial charge in [0.15, 0.2) is 6.29 Å². The zero-order chi connectivity index (χ0) is 48.1. The number of amides is 1. The lowest BCUT2D eigenvalue weighted by atomic mass is 9.99. The Morgan fingerprint density at radius 3 is 1.61 bits per heavy atom. The Bertz CT molecular complexity index is 1240. The standard InChI is InChI=1S/C55H99NO10/c1-3-5-7-9-11-13-14-19-23-27-31-35-39-43-51(60)64-44-40-36-32-28-24-21-18-16-15-17-20-22-26-30-34-38-42-50(59)56-47(48(58)41-37-33-29-25-12-10-8-6-4-2)46-65-55-54(63)53(62)52(61)49(45-57)66-55/h7,9,13-15,17,37,41,47-49,52-55,57-58,61-63H,3-6,8,10-12,16,18-36,38-40,42-46H2,1-2H3,(H,56,59)/b9-7-,14-13-,17-15-,41-37+. The summed E-state index contributed by atoms with van der Waals surface area (Å²) in [5, 5.41) is 54.1. The third-order valence-electron chi connectivity index (χ3n) is 12.4. The van der Waals surface area contributed by atoms with Gasteiger partial charge >= 0.3 is 5.97 Å². The maximum Gasteiger partial charge on any atom is 0.305 e. The fourth-order valence-corrected chi connectivity index (χ4v) is 8.05. The minimum atomic E-state index is -1.58. The molecule has 11 heteroatoms. The van der Waals surface area contributed by atoms with E-state index in [2.05, 4.69) is 55.6 Å². The summed E-state index contributed by atoms with van der Waals surface area (Å²) in [7, 11) is 0. The van der Waals surface area contributed by atoms with E-state index in [1.54, 1.807) is 6.08 Å². The molecule has 0 spiro atoms. The zero-order valence-corrected chi connectivity index (χ0v) is 41.9. The van der Waals surface area contributed by atoms with Gasteiger partial charge in [0.1, 0.15) is 24.4 Å². The first-order chi connectivity index (χ1) is 32.2. The maximum atomic E-state index is 13.0. The quantitative estimate of drug-likeness (QED) is 0.0196. The normalized spacial score (nSPS) is 20.0. The number of unbranched alkanes of at least 4 members (excludes halogenated alkanes) is 25. The van der Waals surface area contributed by atoms with Gasteiger partial charge in [-0.3, -0.25) is 9.59 Å². The molecule has 384 valence electrons. The number of ether oxygens (including phenoxy) is 3. The van der Waals surface area contributed by atoms with Crippen LogP contribution >= 0.6 is 0 Å². The molecule has 1 rings (SSSR count). The molecule has 1 aliphatic rings. The lowest BCUT2D eigenvalue weighted by Gasteiger charge is -2.40. The number of aliphatic hydroxyl groups excluding tert-OH is 5. The highest BCUT2D eigenvalue weighted by atomic mass is 16.7. The van der Waals surface area contributed by atoms with Gasteiger partial charge in [-0.1, -0.05) is 178 Å². The number of esters is 1. The van der Waals surface area contributed by atoms with Crippen molar-refractivity contribution >= 4 is 11.9 Å². The van der Waals surface area contributed by atoms with Gasteiger partial charge in [-0.15, -0.1) is 0 Å². The van der Waals surface area contributed by atoms with Crippen LogP contribution in [-0.4, -0.2) is 100 Å². The van der Waals surface area contributed by atoms with Crippen LogP contribution in [0.2, 0.25) is 0 Å². The number of nitrogens with one attached hydrogen (secondary N) is 1. The molecule has 1 saturated heterocycles. The van der Waals surface area contributed by atoms with Crippen LogP contribution in [0.5, 0.6) is 0 Å². The second kappa shape index (κ2) is 45.1. The molecule has 0 aromatic carbocycles. The average molecular weight is 934 g/mol. The first-order valence-electron chi connectivity index (χ1n) is 26.9. The molecule has 0 aromatic heterocycles. The summed E-state index contributed by atoms with van der Waals surface area (Å²) in [6, 6.07) is -0.822. The van der Waals surface area contributed by atoms with Crippen molar-refractivity contribution in [2.45, 2.75) is 269 Å². The van der Waals surface area contributed by atoms with Gasteiger partial charge in [0.05, 0.1) is 32.0 Å². The van der Waals surface area contributed by atoms with Crippen LogP contribution in [0.15, 0.2) is 48.6 Å². The summed E-state index contributed by atoms with van der Waals surface area (Å²) >= 11 is 0. The van der Waals surface area contributed by atoms with Crippen molar-refractivity contribution in [1.82, 2.24) is 5.32 Å². The summed E-state index contributed by atoms with van der Waals surface area (Å²) in [6.07, 6.45) is 44.8. The SMILES string of the molecule is CCC/C=C\C/C=C\CCCCCCCC(=O)OCCCCCCCCC/C=C\CCCCCCCC(=O)NC(COC1OC(CO)C(O)C(O)C1O)C(O)/C=C/CCCCCCCCC. The molecule has 7 atom stereocenters. The molecular formula is C55H99NO10. The van der Waals surface area contributed by atoms with E-state index in [4.69, 9.17) is 14.2 Å². The number of hydrogen-bond donors (Lipinski definition) is 6. The molecule has 0 saturated carbocycles. The van der Waals surface area contributed by atoms with Crippen molar-refractivity contribution in [2.24, 2.45) is 0 Å². The number of allylic oxidation sites excluding steroid dienone is 7. The van der Waals surface area contributed by atoms with Crippen molar-refractivity contribution in [1.29, 1.82) is 0 Å². The van der Waals surface area contributed by atoms with Gasteiger partial charge in [0, 0.05) is 12.8 Å². The van der Waals surface area contributed by atoms with Crippen molar-refractivity contribution in [3.05, 3.63) is 48.6 Å². The highest BCUT2D eigenvalue weighted by Gasteiger charge is 2.44. The molecule has 7 unspecified atom stereocenters. The largest absolute Gasteiger partial charge is 0.466 e. The van der Waals surface area contributed by atoms with E-state index < -0.39 is 49.5 Å². The highest BCUT2D eigenvalue weighted by molar-refractivity contribution is 5.76. The van der Waals surface area contributed by atoms with Crippen LogP contribution < -0.4 is 5.32 Å². The summed E-state index contributed by atoms with van der Waals surface area (Å²) in [5.41, 5.74) is 0. The number of carbonyl (C=O) groups is 2. The predicted molar refractivity (Wildman–Crippen MR) is 269 cm³/mol. The molecule has 0 bridgehead atoms. The Kier molecular flexibility index (Phi) is 42.1. The second-order valence-electron chi connectivity index (χ2n) is 18.6. The smallest absolute Gasteiger partial charge is 0.305 e. The van der Waals surface area contributed by atoms with Gasteiger partial charge < -0.3 is 45.1 Å². The molecule has 11 nitrogen and oxygen atoms in total. The van der Waals surface area contributed by atoms with Gasteiger partial charge in [0.25, 0.3) is 0 Å². The second-order valence-corrected chi connectivity index (χ2v) is 18.6. The van der Waals surface area contributed by atoms with Crippen LogP contribution in [0.4, 0.5) is 0 Å². The number of hydrogen-bond acceptors (Lipinski definition) is 10. The van der Waals surface area contributed by atoms with Gasteiger partial charge in [-0.05, 0) is 83.5 Å². The predicted octanol–water partition coefficient (Wildman–Crippen LogP) is 11.3. The lowest BCUT2D eigenvalue weighted by Crippen LogP contribution is -2.60. The number of carbonyl (C=O) groups excluding carboxylic acids is 2. The Morgan fingerprint density at radius 1 is 0.561 bits per heavy atom. The molecule has 1 fully saturated rings. The van der Waals surface area contributed by atoms with Crippen molar-refractivity contribution in [3.63, 3.8) is 0 Å². The van der Waals surface area contributed by atoms with E-state index in [9.17, 15) is 35.1 Å². The zero-order valence-electron chi connectivity index (χ0n) is 41.9. The van der Waals surface area contributed by atoms with Crippen molar-refractivity contribution < 1.29 is 49.3 Å². The fourth-order valence-electron chi connectivity index (χ4n) is 8.05. The lowest BCUT2D eigenvalue weighted by molar-refractivity contribution is -0.302. The summed E-state index contributed by atoms with van der Waals surface area (Å²) < 4.78 is 16.6. The first kappa shape index (κ1) is 61.6. The van der Waals surface area contributed by atoms with Crippen LogP contribution in [-0.2, 0) is 23.8 Å². The summed E-state index contributed by atoms with van der Waals surface area (Å²) in [4.78, 5) is 25.0. The van der Waals surface area contributed by atoms with Crippen LogP contribution in [0.25, 0.3) is 0 Å². The molecule has 0 radical (unpaired) electrons. The van der Waals surface area contributed by atoms with E-state index >= 15 is 0 Å². The van der Waals surface area contributed by atoms with E-state index in [0.29, 0.717) is 19.4 Å². The minimum Gasteiger partial charge on any atom is -0.466 e. The first-order valence-corrected chi connectivity index (χ1v) is 26.9. The van der Waals surface area contributed by atoms with Crippen LogP contribution in [0.3, 0.4) is 0 Å². The molecule has 1 aliphatic heterocycles. The third-order valence-corrected chi connectivity index (χ3v) is 12.4. The Hall–Kier alpha value is -2.38. The maximum absolute atomic E-state index is 13.0. The molecule has 6 N–H and O–H groups in total. The minimum absolute atomic E-state index is 0.0373. The topological polar surface area (TPSA) is 175 Å². The molecule has 0 aliphatic carbocycles. The van der Waals surface area contributed by atoms with Gasteiger partial charge in [-0.25, -0.2) is 0 Å². The van der Waals surface area contributed by atoms with Crippen molar-refractivity contribution in [2.75, 3.05) is 19.8 Å². The van der Waals surface area contributed by atoms with E-state index in [0.717, 1.165) is 103 Å². The third kappa shape index (κ3) is 34.8. The molecule has 1 amide bonds. The van der Waals surface area contributed by atoms with Gasteiger partial charge in [0.2, 0.25) is 5.91 Å². The molecule has 1 heterocycles. The summed E-state index contributed by atoms with van der Waals surface area (Å²) in [6.45, 7) is 4.19. The van der Waals surface area contributed by atoms with Gasteiger partial charge in [-0.2, -0.15) is 0 Å². The molecule has 0 aromatic rings. The summed E-state index contributed by atoms with van der Waals surface area (Å²) in [5.74, 6) is -0.240. The number of aliphatic hydroxyl groups is 5. The Labute approximate surface area is 402 Å². The van der Waals surface area contributed by atoms with Crippen molar-refractivity contribution in [3.8, 4) is 0 Å². The van der Waals surface area contributed by atoms with Crippen LogP contribution in [0.1, 0.15) is 226 Å². The highest BCUT2D eigenvalue weighted by Crippen LogP contribution is 2.23. The molecular weight excluding hydrogens is 835 g/mol. The van der Waals surface area contributed by atoms with E-state index in [1.165, 1.54) is 96.3 Å². The van der Waals surface area contributed by atoms with Crippen LogP contribution in [0, 0.1) is 0 Å². The van der Waals surface area contributed by atoms with E-state index in [1.807, 2.05) is 6.08 Å². The van der Waals surface area contributed by atoms with E-state index in [-0.39, 0.29) is 18.5 Å². The Morgan fingerprint density at radius 2 is 1.05 bits per heavy atom. The number of rotatable bonds is 45.